The smallest absolute Gasteiger partial charge is 0.132 e. The average molecular weight is 256 g/mol. The van der Waals surface area contributed by atoms with Gasteiger partial charge in [-0.25, -0.2) is 4.98 Å². The second-order valence-corrected chi connectivity index (χ2v) is 3.70. The fourth-order valence-corrected chi connectivity index (χ4v) is 1.72. The predicted octanol–water partition coefficient (Wildman–Crippen LogP) is 2.70. The zero-order valence-electron chi connectivity index (χ0n) is 7.74. The zero-order valence-corrected chi connectivity index (χ0v) is 10.1. The molecule has 0 radical (unpaired) electrons. The molecule has 5 heteroatoms. The van der Waals surface area contributed by atoms with Crippen molar-refractivity contribution in [1.82, 2.24) is 4.98 Å². The molecule has 1 saturated carbocycles. The third-order valence-corrected chi connectivity index (χ3v) is 2.56. The van der Waals surface area contributed by atoms with Gasteiger partial charge in [-0.15, -0.1) is 24.8 Å². The lowest BCUT2D eigenvalue weighted by Gasteiger charge is -2.01. The van der Waals surface area contributed by atoms with Crippen molar-refractivity contribution in [2.75, 3.05) is 0 Å². The Kier molecular flexibility index (Phi) is 5.16. The first-order valence-electron chi connectivity index (χ1n) is 4.07. The van der Waals surface area contributed by atoms with Crippen LogP contribution in [0.25, 0.3) is 0 Å². The van der Waals surface area contributed by atoms with Crippen molar-refractivity contribution in [2.45, 2.75) is 25.3 Å². The summed E-state index contributed by atoms with van der Waals surface area (Å²) in [5.41, 5.74) is 7.78. The predicted molar refractivity (Wildman–Crippen MR) is 63.8 cm³/mol. The molecule has 2 rings (SSSR count). The summed E-state index contributed by atoms with van der Waals surface area (Å²) in [5.74, 6) is 0.450. The van der Waals surface area contributed by atoms with Crippen molar-refractivity contribution >= 4 is 36.4 Å². The number of nitrogens with two attached hydrogens (primary N) is 1. The van der Waals surface area contributed by atoms with E-state index in [1.807, 2.05) is 19.1 Å². The van der Waals surface area contributed by atoms with Crippen LogP contribution in [-0.2, 0) is 0 Å². The number of aryl methyl sites for hydroxylation is 1. The normalized spacial score (nSPS) is 23.4. The second kappa shape index (κ2) is 5.17. The van der Waals surface area contributed by atoms with Crippen LogP contribution >= 0.6 is 36.4 Å². The molecule has 0 aliphatic heterocycles. The van der Waals surface area contributed by atoms with Gasteiger partial charge in [0.15, 0.2) is 0 Å². The maximum absolute atomic E-state index is 5.96. The summed E-state index contributed by atoms with van der Waals surface area (Å²) in [7, 11) is 0. The van der Waals surface area contributed by atoms with Crippen LogP contribution < -0.4 is 5.73 Å². The minimum absolute atomic E-state index is 0. The van der Waals surface area contributed by atoms with E-state index in [0.717, 1.165) is 17.7 Å². The number of rotatable bonds is 1. The quantitative estimate of drug-likeness (QED) is 0.784. The molecule has 0 spiro atoms. The first kappa shape index (κ1) is 14.0. The highest BCUT2D eigenvalue weighted by atomic mass is 35.5. The van der Waals surface area contributed by atoms with E-state index in [-0.39, 0.29) is 24.8 Å². The summed E-state index contributed by atoms with van der Waals surface area (Å²) in [5, 5.41) is 0.618. The van der Waals surface area contributed by atoms with Gasteiger partial charge in [-0.1, -0.05) is 17.7 Å². The van der Waals surface area contributed by atoms with Crippen molar-refractivity contribution < 1.29 is 0 Å². The first-order chi connectivity index (χ1) is 5.68. The Morgan fingerprint density at radius 1 is 1.43 bits per heavy atom. The van der Waals surface area contributed by atoms with Crippen LogP contribution in [0.4, 0.5) is 0 Å². The highest BCUT2D eigenvalue weighted by Crippen LogP contribution is 2.41. The number of pyridine rings is 1. The van der Waals surface area contributed by atoms with Gasteiger partial charge in [-0.2, -0.15) is 0 Å². The van der Waals surface area contributed by atoms with E-state index in [2.05, 4.69) is 4.98 Å². The van der Waals surface area contributed by atoms with Gasteiger partial charge in [0.25, 0.3) is 0 Å². The number of aromatic nitrogens is 1. The van der Waals surface area contributed by atoms with E-state index < -0.39 is 0 Å². The molecule has 1 fully saturated rings. The van der Waals surface area contributed by atoms with Crippen LogP contribution in [0.2, 0.25) is 5.15 Å². The fourth-order valence-electron chi connectivity index (χ4n) is 1.38. The highest BCUT2D eigenvalue weighted by Gasteiger charge is 2.36. The lowest BCUT2D eigenvalue weighted by molar-refractivity contribution is 0.976. The summed E-state index contributed by atoms with van der Waals surface area (Å²) in [4.78, 5) is 4.18. The standard InChI is InChI=1S/C9H11ClN2.2ClH/c1-5-2-3-6(9(10)12-5)7-4-8(7)11;;/h2-3,7-8H,4,11H2,1H3;2*1H/t7-,8+;;/m0../s1. The Hall–Kier alpha value is -0.0200. The zero-order chi connectivity index (χ0) is 8.72. The van der Waals surface area contributed by atoms with Gasteiger partial charge in [0.1, 0.15) is 5.15 Å². The summed E-state index contributed by atoms with van der Waals surface area (Å²) in [6, 6.07) is 4.31. The maximum Gasteiger partial charge on any atom is 0.132 e. The second-order valence-electron chi connectivity index (χ2n) is 3.34. The van der Waals surface area contributed by atoms with Gasteiger partial charge in [-0.05, 0) is 25.0 Å². The van der Waals surface area contributed by atoms with Gasteiger partial charge in [0.05, 0.1) is 0 Å². The topological polar surface area (TPSA) is 38.9 Å². The molecule has 0 aromatic carbocycles. The lowest BCUT2D eigenvalue weighted by atomic mass is 10.2. The van der Waals surface area contributed by atoms with Crippen LogP contribution in [0.5, 0.6) is 0 Å². The number of nitrogens with zero attached hydrogens (tertiary/aromatic N) is 1. The van der Waals surface area contributed by atoms with Crippen molar-refractivity contribution in [2.24, 2.45) is 5.73 Å². The molecular formula is C9H13Cl3N2. The molecule has 0 bridgehead atoms. The molecule has 1 aliphatic rings. The van der Waals surface area contributed by atoms with Gasteiger partial charge < -0.3 is 5.73 Å². The Morgan fingerprint density at radius 2 is 2.00 bits per heavy atom. The van der Waals surface area contributed by atoms with Crippen molar-refractivity contribution in [3.8, 4) is 0 Å². The van der Waals surface area contributed by atoms with Crippen molar-refractivity contribution in [3.63, 3.8) is 0 Å². The third-order valence-electron chi connectivity index (χ3n) is 2.26. The summed E-state index contributed by atoms with van der Waals surface area (Å²) in [6.45, 7) is 1.93. The van der Waals surface area contributed by atoms with Crippen LogP contribution in [0.1, 0.15) is 23.6 Å². The van der Waals surface area contributed by atoms with Crippen LogP contribution in [0.15, 0.2) is 12.1 Å². The van der Waals surface area contributed by atoms with Gasteiger partial charge in [0, 0.05) is 17.7 Å². The molecule has 0 amide bonds. The molecular weight excluding hydrogens is 242 g/mol. The molecule has 1 aromatic rings. The fraction of sp³-hybridized carbons (Fsp3) is 0.444. The lowest BCUT2D eigenvalue weighted by Crippen LogP contribution is -2.01. The maximum atomic E-state index is 5.96. The Bertz CT molecular complexity index is 317. The van der Waals surface area contributed by atoms with Gasteiger partial charge >= 0.3 is 0 Å². The molecule has 1 heterocycles. The van der Waals surface area contributed by atoms with Gasteiger partial charge in [0.2, 0.25) is 0 Å². The highest BCUT2D eigenvalue weighted by molar-refractivity contribution is 6.30. The van der Waals surface area contributed by atoms with Crippen LogP contribution in [-0.4, -0.2) is 11.0 Å². The summed E-state index contributed by atoms with van der Waals surface area (Å²) in [6.07, 6.45) is 1.05. The monoisotopic (exact) mass is 254 g/mol. The van der Waals surface area contributed by atoms with E-state index in [1.54, 1.807) is 0 Å². The Labute approximate surface area is 101 Å². The number of hydrogen-bond donors (Lipinski definition) is 1. The molecule has 14 heavy (non-hydrogen) atoms. The van der Waals surface area contributed by atoms with Crippen LogP contribution in [0, 0.1) is 6.92 Å². The summed E-state index contributed by atoms with van der Waals surface area (Å²) >= 11 is 5.96. The number of hydrogen-bond acceptors (Lipinski definition) is 2. The van der Waals surface area contributed by atoms with E-state index in [9.17, 15) is 0 Å². The SMILES string of the molecule is Cc1ccc([C@@H]2C[C@H]2N)c(Cl)n1.Cl.Cl. The molecule has 2 atom stereocenters. The molecule has 2 nitrogen and oxygen atoms in total. The molecule has 0 saturated heterocycles. The molecule has 80 valence electrons. The number of halogens is 3. The van der Waals surface area contributed by atoms with E-state index in [0.29, 0.717) is 17.1 Å². The minimum atomic E-state index is 0. The van der Waals surface area contributed by atoms with Crippen LogP contribution in [0.3, 0.4) is 0 Å². The summed E-state index contributed by atoms with van der Waals surface area (Å²) < 4.78 is 0. The Morgan fingerprint density at radius 3 is 2.43 bits per heavy atom. The molecule has 1 aliphatic carbocycles. The minimum Gasteiger partial charge on any atom is -0.327 e. The van der Waals surface area contributed by atoms with E-state index in [1.165, 1.54) is 0 Å². The van der Waals surface area contributed by atoms with Crippen molar-refractivity contribution in [1.29, 1.82) is 0 Å². The molecule has 0 unspecified atom stereocenters. The van der Waals surface area contributed by atoms with E-state index >= 15 is 0 Å². The largest absolute Gasteiger partial charge is 0.327 e. The van der Waals surface area contributed by atoms with Crippen molar-refractivity contribution in [3.05, 3.63) is 28.5 Å². The third kappa shape index (κ3) is 2.74. The van der Waals surface area contributed by atoms with Gasteiger partial charge in [-0.3, -0.25) is 0 Å². The first-order valence-corrected chi connectivity index (χ1v) is 4.45. The molecule has 2 N–H and O–H groups in total. The van der Waals surface area contributed by atoms with E-state index in [4.69, 9.17) is 17.3 Å². The molecule has 1 aromatic heterocycles. The average Bonchev–Trinajstić information content (AvgIpc) is 2.66. The Balaban J connectivity index is 0.000000845.